The van der Waals surface area contributed by atoms with Crippen LogP contribution >= 0.6 is 15.9 Å². The lowest BCUT2D eigenvalue weighted by atomic mass is 9.94. The molecule has 1 heterocycles. The monoisotopic (exact) mass is 345 g/mol. The maximum Gasteiger partial charge on any atom is 0.253 e. The van der Waals surface area contributed by atoms with Crippen molar-refractivity contribution in [3.05, 3.63) is 48.0 Å². The van der Waals surface area contributed by atoms with Gasteiger partial charge < -0.3 is 4.90 Å². The standard InChI is InChI=1S/C18H20BrNO/c1-13(19)14-8-10-20(11-9-14)18(21)17-7-6-15-4-2-3-5-16(15)12-17/h2-7,12-14H,8-11H2,1H3. The van der Waals surface area contributed by atoms with Gasteiger partial charge >= 0.3 is 0 Å². The van der Waals surface area contributed by atoms with Crippen LogP contribution in [0.5, 0.6) is 0 Å². The van der Waals surface area contributed by atoms with Crippen molar-refractivity contribution in [2.75, 3.05) is 13.1 Å². The number of amides is 1. The molecule has 0 aromatic heterocycles. The average Bonchev–Trinajstić information content (AvgIpc) is 2.54. The van der Waals surface area contributed by atoms with E-state index in [2.05, 4.69) is 35.0 Å². The molecule has 0 spiro atoms. The lowest BCUT2D eigenvalue weighted by Crippen LogP contribution is -2.39. The summed E-state index contributed by atoms with van der Waals surface area (Å²) in [5, 5.41) is 2.31. The largest absolute Gasteiger partial charge is 0.339 e. The predicted octanol–water partition coefficient (Wildman–Crippen LogP) is 4.48. The van der Waals surface area contributed by atoms with Crippen molar-refractivity contribution in [3.8, 4) is 0 Å². The number of rotatable bonds is 2. The van der Waals surface area contributed by atoms with Gasteiger partial charge in [-0.1, -0.05) is 53.2 Å². The van der Waals surface area contributed by atoms with Crippen LogP contribution in [0.4, 0.5) is 0 Å². The van der Waals surface area contributed by atoms with E-state index in [0.717, 1.165) is 36.9 Å². The number of hydrogen-bond donors (Lipinski definition) is 0. The van der Waals surface area contributed by atoms with Crippen LogP contribution in [0.3, 0.4) is 0 Å². The minimum Gasteiger partial charge on any atom is -0.339 e. The first-order chi connectivity index (χ1) is 10.1. The van der Waals surface area contributed by atoms with Crippen LogP contribution in [-0.4, -0.2) is 28.7 Å². The SMILES string of the molecule is CC(Br)C1CCN(C(=O)c2ccc3ccccc3c2)CC1. The molecule has 1 fully saturated rings. The molecule has 2 aromatic rings. The topological polar surface area (TPSA) is 20.3 Å². The van der Waals surface area contributed by atoms with Crippen LogP contribution in [0.2, 0.25) is 0 Å². The minimum atomic E-state index is 0.168. The summed E-state index contributed by atoms with van der Waals surface area (Å²) in [6.07, 6.45) is 2.18. The Kier molecular flexibility index (Phi) is 4.29. The third-order valence-electron chi connectivity index (χ3n) is 4.47. The zero-order valence-electron chi connectivity index (χ0n) is 12.3. The lowest BCUT2D eigenvalue weighted by molar-refractivity contribution is 0.0691. The molecule has 0 bridgehead atoms. The average molecular weight is 346 g/mol. The van der Waals surface area contributed by atoms with Crippen molar-refractivity contribution in [1.82, 2.24) is 4.90 Å². The number of halogens is 1. The molecule has 3 heteroatoms. The van der Waals surface area contributed by atoms with E-state index in [-0.39, 0.29) is 5.91 Å². The molecular weight excluding hydrogens is 326 g/mol. The number of carbonyl (C=O) groups excluding carboxylic acids is 1. The molecule has 110 valence electrons. The summed E-state index contributed by atoms with van der Waals surface area (Å²) in [7, 11) is 0. The van der Waals surface area contributed by atoms with Crippen molar-refractivity contribution >= 4 is 32.6 Å². The van der Waals surface area contributed by atoms with E-state index in [9.17, 15) is 4.79 Å². The van der Waals surface area contributed by atoms with Crippen molar-refractivity contribution < 1.29 is 4.79 Å². The zero-order valence-corrected chi connectivity index (χ0v) is 13.8. The quantitative estimate of drug-likeness (QED) is 0.735. The smallest absolute Gasteiger partial charge is 0.253 e. The van der Waals surface area contributed by atoms with Gasteiger partial charge in [0.05, 0.1) is 0 Å². The number of nitrogens with zero attached hydrogens (tertiary/aromatic N) is 1. The van der Waals surface area contributed by atoms with E-state index in [4.69, 9.17) is 0 Å². The van der Waals surface area contributed by atoms with E-state index in [1.54, 1.807) is 0 Å². The van der Waals surface area contributed by atoms with Gasteiger partial charge in [-0.2, -0.15) is 0 Å². The molecule has 1 saturated heterocycles. The highest BCUT2D eigenvalue weighted by Gasteiger charge is 2.25. The van der Waals surface area contributed by atoms with E-state index in [0.29, 0.717) is 10.7 Å². The van der Waals surface area contributed by atoms with Gasteiger partial charge in [0.2, 0.25) is 0 Å². The van der Waals surface area contributed by atoms with Gasteiger partial charge in [-0.25, -0.2) is 0 Å². The van der Waals surface area contributed by atoms with Crippen LogP contribution in [-0.2, 0) is 0 Å². The third-order valence-corrected chi connectivity index (χ3v) is 5.22. The van der Waals surface area contributed by atoms with Gasteiger partial charge in [0.1, 0.15) is 0 Å². The molecule has 0 radical (unpaired) electrons. The Labute approximate surface area is 134 Å². The molecular formula is C18H20BrNO. The summed E-state index contributed by atoms with van der Waals surface area (Å²) >= 11 is 3.66. The summed E-state index contributed by atoms with van der Waals surface area (Å²) < 4.78 is 0. The second-order valence-corrected chi connectivity index (χ2v) is 7.31. The van der Waals surface area contributed by atoms with Gasteiger partial charge in [0.15, 0.2) is 0 Å². The summed E-state index contributed by atoms with van der Waals surface area (Å²) in [5.74, 6) is 0.854. The van der Waals surface area contributed by atoms with E-state index >= 15 is 0 Å². The number of fused-ring (bicyclic) bond motifs is 1. The molecule has 2 nitrogen and oxygen atoms in total. The minimum absolute atomic E-state index is 0.168. The van der Waals surface area contributed by atoms with E-state index < -0.39 is 0 Å². The van der Waals surface area contributed by atoms with Crippen LogP contribution in [0.1, 0.15) is 30.1 Å². The van der Waals surface area contributed by atoms with E-state index in [1.165, 1.54) is 5.39 Å². The molecule has 21 heavy (non-hydrogen) atoms. The predicted molar refractivity (Wildman–Crippen MR) is 91.0 cm³/mol. The van der Waals surface area contributed by atoms with Crippen molar-refractivity contribution in [3.63, 3.8) is 0 Å². The highest BCUT2D eigenvalue weighted by molar-refractivity contribution is 9.09. The Hall–Kier alpha value is -1.35. The molecule has 3 rings (SSSR count). The van der Waals surface area contributed by atoms with Gasteiger partial charge in [-0.15, -0.1) is 0 Å². The normalized spacial score (nSPS) is 17.9. The van der Waals surface area contributed by atoms with Gasteiger partial charge in [0, 0.05) is 23.5 Å². The molecule has 0 aliphatic carbocycles. The van der Waals surface area contributed by atoms with Gasteiger partial charge in [0.25, 0.3) is 5.91 Å². The Balaban J connectivity index is 1.75. The molecule has 1 atom stereocenters. The molecule has 1 aliphatic heterocycles. The summed E-state index contributed by atoms with van der Waals surface area (Å²) in [6.45, 7) is 3.93. The number of benzene rings is 2. The van der Waals surface area contributed by atoms with E-state index in [1.807, 2.05) is 35.2 Å². The zero-order chi connectivity index (χ0) is 14.8. The highest BCUT2D eigenvalue weighted by atomic mass is 79.9. The lowest BCUT2D eigenvalue weighted by Gasteiger charge is -2.33. The Morgan fingerprint density at radius 2 is 1.81 bits per heavy atom. The fourth-order valence-corrected chi connectivity index (χ4v) is 3.60. The first-order valence-corrected chi connectivity index (χ1v) is 8.49. The number of alkyl halides is 1. The van der Waals surface area contributed by atoms with Crippen LogP contribution < -0.4 is 0 Å². The number of hydrogen-bond acceptors (Lipinski definition) is 1. The molecule has 0 N–H and O–H groups in total. The van der Waals surface area contributed by atoms with Crippen LogP contribution in [0, 0.1) is 5.92 Å². The number of carbonyl (C=O) groups is 1. The third kappa shape index (κ3) is 3.13. The second kappa shape index (κ2) is 6.18. The molecule has 2 aromatic carbocycles. The van der Waals surface area contributed by atoms with Crippen molar-refractivity contribution in [1.29, 1.82) is 0 Å². The van der Waals surface area contributed by atoms with Gasteiger partial charge in [-0.3, -0.25) is 4.79 Å². The van der Waals surface area contributed by atoms with Crippen LogP contribution in [0.15, 0.2) is 42.5 Å². The molecule has 1 unspecified atom stereocenters. The highest BCUT2D eigenvalue weighted by Crippen LogP contribution is 2.26. The molecule has 1 amide bonds. The van der Waals surface area contributed by atoms with Crippen molar-refractivity contribution in [2.24, 2.45) is 5.92 Å². The number of likely N-dealkylation sites (tertiary alicyclic amines) is 1. The Morgan fingerprint density at radius 3 is 2.48 bits per heavy atom. The molecule has 1 aliphatic rings. The summed E-state index contributed by atoms with van der Waals surface area (Å²) in [5.41, 5.74) is 0.805. The number of piperidine rings is 1. The maximum absolute atomic E-state index is 12.6. The molecule has 0 saturated carbocycles. The first-order valence-electron chi connectivity index (χ1n) is 7.57. The second-order valence-electron chi connectivity index (χ2n) is 5.87. The van der Waals surface area contributed by atoms with Gasteiger partial charge in [-0.05, 0) is 41.7 Å². The van der Waals surface area contributed by atoms with Crippen LogP contribution in [0.25, 0.3) is 10.8 Å². The summed E-state index contributed by atoms with van der Waals surface area (Å²) in [6, 6.07) is 14.2. The Bertz CT molecular complexity index is 644. The fourth-order valence-electron chi connectivity index (χ4n) is 3.07. The fraction of sp³-hybridized carbons (Fsp3) is 0.389. The summed E-state index contributed by atoms with van der Waals surface area (Å²) in [4.78, 5) is 15.2. The van der Waals surface area contributed by atoms with Crippen molar-refractivity contribution in [2.45, 2.75) is 24.6 Å². The first kappa shape index (κ1) is 14.6. The Morgan fingerprint density at radius 1 is 1.14 bits per heavy atom. The maximum atomic E-state index is 12.6.